The third-order valence-electron chi connectivity index (χ3n) is 2.97. The molecule has 1 atom stereocenters. The van der Waals surface area contributed by atoms with Crippen molar-refractivity contribution in [1.29, 1.82) is 0 Å². The standard InChI is InChI=1S/C13H14O6/c1-17-7-18-6-12(16)13-4-8-9(5-19-13)11(15)3-2-10(8)14/h2-3,13H,4-7H2,1H3. The van der Waals surface area contributed by atoms with Crippen molar-refractivity contribution < 1.29 is 28.6 Å². The summed E-state index contributed by atoms with van der Waals surface area (Å²) in [7, 11) is 1.46. The molecule has 0 aromatic heterocycles. The number of Topliss-reactive ketones (excluding diaryl/α,β-unsaturated/α-hetero) is 1. The van der Waals surface area contributed by atoms with E-state index in [0.717, 1.165) is 0 Å². The van der Waals surface area contributed by atoms with Crippen molar-refractivity contribution in [3.63, 3.8) is 0 Å². The number of hydrogen-bond acceptors (Lipinski definition) is 6. The van der Waals surface area contributed by atoms with Gasteiger partial charge in [-0.1, -0.05) is 0 Å². The Kier molecular flexibility index (Phi) is 4.36. The van der Waals surface area contributed by atoms with Crippen LogP contribution in [0.15, 0.2) is 23.3 Å². The van der Waals surface area contributed by atoms with Gasteiger partial charge in [-0.2, -0.15) is 0 Å². The van der Waals surface area contributed by atoms with Gasteiger partial charge in [-0.05, 0) is 12.2 Å². The first-order valence-electron chi connectivity index (χ1n) is 5.83. The van der Waals surface area contributed by atoms with Crippen LogP contribution in [0.4, 0.5) is 0 Å². The summed E-state index contributed by atoms with van der Waals surface area (Å²) in [5.74, 6) is -0.719. The molecule has 19 heavy (non-hydrogen) atoms. The fraction of sp³-hybridized carbons (Fsp3) is 0.462. The maximum Gasteiger partial charge on any atom is 0.187 e. The molecule has 0 saturated carbocycles. The predicted molar refractivity (Wildman–Crippen MR) is 63.4 cm³/mol. The van der Waals surface area contributed by atoms with E-state index >= 15 is 0 Å². The maximum absolute atomic E-state index is 11.8. The second-order valence-corrected chi connectivity index (χ2v) is 4.24. The number of allylic oxidation sites excluding steroid dienone is 2. The summed E-state index contributed by atoms with van der Waals surface area (Å²) in [5.41, 5.74) is 0.734. The van der Waals surface area contributed by atoms with Crippen LogP contribution in [0.25, 0.3) is 0 Å². The van der Waals surface area contributed by atoms with Crippen molar-refractivity contribution in [2.45, 2.75) is 12.5 Å². The fourth-order valence-corrected chi connectivity index (χ4v) is 1.99. The minimum Gasteiger partial charge on any atom is -0.365 e. The summed E-state index contributed by atoms with van der Waals surface area (Å²) < 4.78 is 14.9. The van der Waals surface area contributed by atoms with Gasteiger partial charge in [-0.3, -0.25) is 14.4 Å². The lowest BCUT2D eigenvalue weighted by Gasteiger charge is -2.26. The number of hydrogen-bond donors (Lipinski definition) is 0. The lowest BCUT2D eigenvalue weighted by Crippen LogP contribution is -2.36. The van der Waals surface area contributed by atoms with Crippen LogP contribution in [0.2, 0.25) is 0 Å². The maximum atomic E-state index is 11.8. The van der Waals surface area contributed by atoms with E-state index in [4.69, 9.17) is 9.47 Å². The van der Waals surface area contributed by atoms with Crippen LogP contribution in [-0.2, 0) is 28.6 Å². The highest BCUT2D eigenvalue weighted by Crippen LogP contribution is 2.26. The van der Waals surface area contributed by atoms with E-state index in [0.29, 0.717) is 11.1 Å². The molecule has 6 heteroatoms. The highest BCUT2D eigenvalue weighted by Gasteiger charge is 2.33. The molecule has 1 aliphatic carbocycles. The minimum atomic E-state index is -0.737. The van der Waals surface area contributed by atoms with Gasteiger partial charge in [-0.15, -0.1) is 0 Å². The van der Waals surface area contributed by atoms with Crippen LogP contribution >= 0.6 is 0 Å². The summed E-state index contributed by atoms with van der Waals surface area (Å²) in [4.78, 5) is 35.0. The average Bonchev–Trinajstić information content (AvgIpc) is 2.43. The van der Waals surface area contributed by atoms with E-state index < -0.39 is 6.10 Å². The smallest absolute Gasteiger partial charge is 0.187 e. The van der Waals surface area contributed by atoms with Crippen LogP contribution in [0.5, 0.6) is 0 Å². The van der Waals surface area contributed by atoms with E-state index in [-0.39, 0.29) is 43.8 Å². The van der Waals surface area contributed by atoms with Crippen molar-refractivity contribution in [1.82, 2.24) is 0 Å². The van der Waals surface area contributed by atoms with Gasteiger partial charge in [0.25, 0.3) is 0 Å². The third-order valence-corrected chi connectivity index (χ3v) is 2.97. The Bertz CT molecular complexity index is 474. The molecule has 1 aliphatic heterocycles. The summed E-state index contributed by atoms with van der Waals surface area (Å²) in [6.07, 6.45) is 1.85. The normalized spacial score (nSPS) is 22.7. The predicted octanol–water partition coefficient (Wildman–Crippen LogP) is -0.0305. The fourth-order valence-electron chi connectivity index (χ4n) is 1.99. The largest absolute Gasteiger partial charge is 0.365 e. The second-order valence-electron chi connectivity index (χ2n) is 4.24. The molecule has 0 amide bonds. The number of ether oxygens (including phenoxy) is 3. The third kappa shape index (κ3) is 3.04. The van der Waals surface area contributed by atoms with Gasteiger partial charge in [0.05, 0.1) is 6.61 Å². The lowest BCUT2D eigenvalue weighted by molar-refractivity contribution is -0.140. The van der Waals surface area contributed by atoms with Gasteiger partial charge in [0.1, 0.15) is 19.5 Å². The van der Waals surface area contributed by atoms with Gasteiger partial charge in [0.2, 0.25) is 0 Å². The summed E-state index contributed by atoms with van der Waals surface area (Å²) >= 11 is 0. The van der Waals surface area contributed by atoms with Crippen molar-refractivity contribution in [3.05, 3.63) is 23.3 Å². The number of ketones is 3. The van der Waals surface area contributed by atoms with E-state index in [2.05, 4.69) is 4.74 Å². The van der Waals surface area contributed by atoms with Gasteiger partial charge in [0, 0.05) is 24.7 Å². The molecule has 0 aromatic rings. The molecule has 2 rings (SSSR count). The van der Waals surface area contributed by atoms with Crippen LogP contribution in [0.3, 0.4) is 0 Å². The molecular formula is C13H14O6. The quantitative estimate of drug-likeness (QED) is 0.395. The SMILES string of the molecule is COCOCC(=O)C1CC2=C(CO1)C(=O)C=CC2=O. The Morgan fingerprint density at radius 3 is 2.68 bits per heavy atom. The Labute approximate surface area is 110 Å². The van der Waals surface area contributed by atoms with Crippen molar-refractivity contribution in [2.24, 2.45) is 0 Å². The molecule has 1 heterocycles. The molecule has 0 spiro atoms. The molecular weight excluding hydrogens is 252 g/mol. The second kappa shape index (κ2) is 6.01. The Hall–Kier alpha value is -1.63. The number of methoxy groups -OCH3 is 1. The summed E-state index contributed by atoms with van der Waals surface area (Å²) in [5, 5.41) is 0. The Morgan fingerprint density at radius 1 is 1.32 bits per heavy atom. The summed E-state index contributed by atoms with van der Waals surface area (Å²) in [6, 6.07) is 0. The first-order chi connectivity index (χ1) is 9.13. The molecule has 2 aliphatic rings. The molecule has 0 fully saturated rings. The molecule has 0 N–H and O–H groups in total. The van der Waals surface area contributed by atoms with E-state index in [1.54, 1.807) is 0 Å². The van der Waals surface area contributed by atoms with Crippen molar-refractivity contribution in [2.75, 3.05) is 27.1 Å². The zero-order chi connectivity index (χ0) is 13.8. The molecule has 6 nitrogen and oxygen atoms in total. The molecule has 0 bridgehead atoms. The van der Waals surface area contributed by atoms with Crippen LogP contribution in [-0.4, -0.2) is 50.6 Å². The first kappa shape index (κ1) is 13.8. The highest BCUT2D eigenvalue weighted by molar-refractivity contribution is 6.20. The molecule has 0 saturated heterocycles. The van der Waals surface area contributed by atoms with Gasteiger partial charge in [0.15, 0.2) is 17.3 Å². The van der Waals surface area contributed by atoms with E-state index in [1.165, 1.54) is 19.3 Å². The van der Waals surface area contributed by atoms with Gasteiger partial charge in [-0.25, -0.2) is 0 Å². The first-order valence-corrected chi connectivity index (χ1v) is 5.83. The number of rotatable bonds is 5. The number of carbonyl (C=O) groups excluding carboxylic acids is 3. The van der Waals surface area contributed by atoms with Gasteiger partial charge >= 0.3 is 0 Å². The molecule has 0 radical (unpaired) electrons. The highest BCUT2D eigenvalue weighted by atomic mass is 16.7. The van der Waals surface area contributed by atoms with Crippen LogP contribution in [0.1, 0.15) is 6.42 Å². The lowest BCUT2D eigenvalue weighted by atomic mass is 9.88. The average molecular weight is 266 g/mol. The van der Waals surface area contributed by atoms with Crippen LogP contribution in [0, 0.1) is 0 Å². The van der Waals surface area contributed by atoms with Crippen molar-refractivity contribution >= 4 is 17.3 Å². The molecule has 1 unspecified atom stereocenters. The topological polar surface area (TPSA) is 78.9 Å². The van der Waals surface area contributed by atoms with E-state index in [1.807, 2.05) is 0 Å². The molecule has 0 aromatic carbocycles. The van der Waals surface area contributed by atoms with Crippen LogP contribution < -0.4 is 0 Å². The number of carbonyl (C=O) groups is 3. The van der Waals surface area contributed by atoms with E-state index in [9.17, 15) is 14.4 Å². The summed E-state index contributed by atoms with van der Waals surface area (Å²) in [6.45, 7) is -0.128. The zero-order valence-corrected chi connectivity index (χ0v) is 10.5. The van der Waals surface area contributed by atoms with Gasteiger partial charge < -0.3 is 14.2 Å². The Morgan fingerprint density at radius 2 is 2.00 bits per heavy atom. The van der Waals surface area contributed by atoms with Crippen molar-refractivity contribution in [3.8, 4) is 0 Å². The molecule has 102 valence electrons. The zero-order valence-electron chi connectivity index (χ0n) is 10.5. The monoisotopic (exact) mass is 266 g/mol. The Balaban J connectivity index is 2.01. The minimum absolute atomic E-state index is 0.00900.